The number of H-pyrrole nitrogens is 1. The minimum atomic E-state index is -0.304. The largest absolute Gasteiger partial charge is 0.496 e. The number of aromatic nitrogens is 2. The average Bonchev–Trinajstić information content (AvgIpc) is 3.27. The molecule has 0 radical (unpaired) electrons. The molecule has 150 valence electrons. The van der Waals surface area contributed by atoms with Gasteiger partial charge in [-0.2, -0.15) is 5.10 Å². The van der Waals surface area contributed by atoms with E-state index in [1.165, 1.54) is 0 Å². The van der Waals surface area contributed by atoms with Crippen LogP contribution in [-0.4, -0.2) is 29.5 Å². The number of aromatic amines is 1. The molecule has 4 rings (SSSR count). The lowest BCUT2D eigenvalue weighted by Gasteiger charge is -2.29. The van der Waals surface area contributed by atoms with E-state index in [0.717, 1.165) is 33.2 Å². The number of amides is 1. The van der Waals surface area contributed by atoms with Crippen molar-refractivity contribution >= 4 is 23.4 Å². The zero-order chi connectivity index (χ0) is 20.8. The lowest BCUT2D eigenvalue weighted by atomic mass is 9.85. The Labute approximate surface area is 175 Å². The van der Waals surface area contributed by atoms with Gasteiger partial charge in [0, 0.05) is 32.8 Å². The highest BCUT2D eigenvalue weighted by molar-refractivity contribution is 7.98. The number of hydrogen-bond acceptors (Lipinski definition) is 4. The molecule has 0 fully saturated rings. The molecule has 3 aromatic rings. The molecule has 0 saturated heterocycles. The summed E-state index contributed by atoms with van der Waals surface area (Å²) in [6, 6.07) is 15.7. The fraction of sp³-hybridized carbons (Fsp3) is 0.304. The number of hydrogen-bond donors (Lipinski definition) is 1. The maximum absolute atomic E-state index is 13.5. The molecule has 1 aromatic heterocycles. The van der Waals surface area contributed by atoms with Gasteiger partial charge in [-0.05, 0) is 36.6 Å². The maximum Gasteiger partial charge on any atom is 0.280 e. The predicted octanol–water partition coefficient (Wildman–Crippen LogP) is 5.19. The van der Waals surface area contributed by atoms with Crippen molar-refractivity contribution in [3.8, 4) is 5.75 Å². The summed E-state index contributed by atoms with van der Waals surface area (Å²) in [6.07, 6.45) is 2.04. The highest BCUT2D eigenvalue weighted by atomic mass is 32.2. The average molecular weight is 408 g/mol. The first kappa shape index (κ1) is 19.6. The first-order valence-corrected chi connectivity index (χ1v) is 10.8. The summed E-state index contributed by atoms with van der Waals surface area (Å²) >= 11 is 1.68. The number of benzene rings is 2. The SMILES string of the molecule is COc1ccccc1[C@@H]1c2c(n[nH]c2C(C)(C)C)C(=O)N1c1ccc(SC)cc1. The molecule has 1 aliphatic rings. The Morgan fingerprint density at radius 1 is 1.10 bits per heavy atom. The van der Waals surface area contributed by atoms with E-state index in [2.05, 4.69) is 31.0 Å². The van der Waals surface area contributed by atoms with E-state index in [-0.39, 0.29) is 17.4 Å². The van der Waals surface area contributed by atoms with Crippen LogP contribution in [0.1, 0.15) is 54.1 Å². The highest BCUT2D eigenvalue weighted by Crippen LogP contribution is 2.47. The number of carbonyl (C=O) groups is 1. The number of nitrogens with zero attached hydrogens (tertiary/aromatic N) is 2. The number of rotatable bonds is 4. The van der Waals surface area contributed by atoms with Gasteiger partial charge in [0.2, 0.25) is 0 Å². The Morgan fingerprint density at radius 2 is 1.79 bits per heavy atom. The predicted molar refractivity (Wildman–Crippen MR) is 117 cm³/mol. The molecular formula is C23H25N3O2S. The molecule has 1 atom stereocenters. The lowest BCUT2D eigenvalue weighted by molar-refractivity contribution is 0.0988. The molecule has 1 N–H and O–H groups in total. The molecule has 0 spiro atoms. The van der Waals surface area contributed by atoms with E-state index in [1.54, 1.807) is 18.9 Å². The van der Waals surface area contributed by atoms with Crippen LogP contribution >= 0.6 is 11.8 Å². The van der Waals surface area contributed by atoms with Crippen molar-refractivity contribution in [3.05, 3.63) is 71.0 Å². The van der Waals surface area contributed by atoms with E-state index in [0.29, 0.717) is 5.69 Å². The van der Waals surface area contributed by atoms with E-state index in [9.17, 15) is 4.79 Å². The molecule has 0 bridgehead atoms. The van der Waals surface area contributed by atoms with Gasteiger partial charge in [0.15, 0.2) is 5.69 Å². The molecule has 1 amide bonds. The number of thioether (sulfide) groups is 1. The fourth-order valence-electron chi connectivity index (χ4n) is 3.91. The summed E-state index contributed by atoms with van der Waals surface area (Å²) in [4.78, 5) is 16.5. The molecular weight excluding hydrogens is 382 g/mol. The van der Waals surface area contributed by atoms with Crippen LogP contribution in [0.25, 0.3) is 0 Å². The van der Waals surface area contributed by atoms with E-state index >= 15 is 0 Å². The van der Waals surface area contributed by atoms with Gasteiger partial charge >= 0.3 is 0 Å². The van der Waals surface area contributed by atoms with Crippen molar-refractivity contribution in [3.63, 3.8) is 0 Å². The fourth-order valence-corrected chi connectivity index (χ4v) is 4.32. The zero-order valence-electron chi connectivity index (χ0n) is 17.3. The third-order valence-electron chi connectivity index (χ3n) is 5.29. The maximum atomic E-state index is 13.5. The molecule has 6 heteroatoms. The third kappa shape index (κ3) is 3.21. The second kappa shape index (κ2) is 7.26. The molecule has 29 heavy (non-hydrogen) atoms. The van der Waals surface area contributed by atoms with E-state index in [4.69, 9.17) is 4.74 Å². The standard InChI is InChI=1S/C23H25N3O2S/c1-23(2,3)21-18-19(24-25-21)22(27)26(14-10-12-15(29-5)13-11-14)20(18)16-8-6-7-9-17(16)28-4/h6-13,20H,1-5H3,(H,24,25)/t20-/m1/s1. The molecule has 1 aliphatic heterocycles. The zero-order valence-corrected chi connectivity index (χ0v) is 18.1. The Balaban J connectivity index is 1.95. The topological polar surface area (TPSA) is 58.2 Å². The van der Waals surface area contributed by atoms with Crippen molar-refractivity contribution in [2.75, 3.05) is 18.3 Å². The first-order chi connectivity index (χ1) is 13.9. The van der Waals surface area contributed by atoms with Gasteiger partial charge < -0.3 is 4.74 Å². The lowest BCUT2D eigenvalue weighted by Crippen LogP contribution is -2.30. The van der Waals surface area contributed by atoms with Gasteiger partial charge in [0.05, 0.1) is 13.2 Å². The van der Waals surface area contributed by atoms with Crippen LogP contribution in [0.2, 0.25) is 0 Å². The van der Waals surface area contributed by atoms with Crippen molar-refractivity contribution in [1.82, 2.24) is 10.2 Å². The molecule has 0 saturated carbocycles. The van der Waals surface area contributed by atoms with Crippen LogP contribution in [-0.2, 0) is 5.41 Å². The number of ether oxygens (including phenoxy) is 1. The molecule has 0 aliphatic carbocycles. The van der Waals surface area contributed by atoms with Crippen LogP contribution < -0.4 is 9.64 Å². The Bertz CT molecular complexity index is 1050. The molecule has 2 heterocycles. The van der Waals surface area contributed by atoms with Gasteiger partial charge in [0.25, 0.3) is 5.91 Å². The molecule has 0 unspecified atom stereocenters. The quantitative estimate of drug-likeness (QED) is 0.605. The highest BCUT2D eigenvalue weighted by Gasteiger charge is 2.45. The number of para-hydroxylation sites is 1. The second-order valence-corrected chi connectivity index (χ2v) is 9.01. The van der Waals surface area contributed by atoms with E-state index < -0.39 is 0 Å². The minimum absolute atomic E-state index is 0.0976. The number of anilines is 1. The van der Waals surface area contributed by atoms with Crippen LogP contribution in [0.5, 0.6) is 5.75 Å². The minimum Gasteiger partial charge on any atom is -0.496 e. The van der Waals surface area contributed by atoms with Crippen molar-refractivity contribution < 1.29 is 9.53 Å². The number of methoxy groups -OCH3 is 1. The summed E-state index contributed by atoms with van der Waals surface area (Å²) in [6.45, 7) is 6.38. The normalized spacial score (nSPS) is 16.2. The van der Waals surface area contributed by atoms with Gasteiger partial charge in [-0.15, -0.1) is 11.8 Å². The second-order valence-electron chi connectivity index (χ2n) is 8.13. The summed E-state index contributed by atoms with van der Waals surface area (Å²) in [5.74, 6) is 0.657. The molecule has 5 nitrogen and oxygen atoms in total. The summed E-state index contributed by atoms with van der Waals surface area (Å²) in [7, 11) is 1.66. The number of nitrogens with one attached hydrogen (secondary N) is 1. The van der Waals surface area contributed by atoms with Crippen LogP contribution in [0.15, 0.2) is 53.4 Å². The number of fused-ring (bicyclic) bond motifs is 1. The monoisotopic (exact) mass is 407 g/mol. The van der Waals surface area contributed by atoms with Gasteiger partial charge in [-0.25, -0.2) is 0 Å². The van der Waals surface area contributed by atoms with Crippen molar-refractivity contribution in [2.45, 2.75) is 37.1 Å². The summed E-state index contributed by atoms with van der Waals surface area (Å²) < 4.78 is 5.66. The third-order valence-corrected chi connectivity index (χ3v) is 6.03. The van der Waals surface area contributed by atoms with Gasteiger partial charge in [-0.3, -0.25) is 14.8 Å². The van der Waals surface area contributed by atoms with Crippen molar-refractivity contribution in [1.29, 1.82) is 0 Å². The summed E-state index contributed by atoms with van der Waals surface area (Å²) in [5.41, 5.74) is 4.00. The Morgan fingerprint density at radius 3 is 2.41 bits per heavy atom. The number of carbonyl (C=O) groups excluding carboxylic acids is 1. The molecule has 2 aromatic carbocycles. The van der Waals surface area contributed by atoms with Crippen LogP contribution in [0.3, 0.4) is 0 Å². The van der Waals surface area contributed by atoms with Crippen LogP contribution in [0.4, 0.5) is 5.69 Å². The van der Waals surface area contributed by atoms with Crippen LogP contribution in [0, 0.1) is 0 Å². The Hall–Kier alpha value is -2.73. The Kier molecular flexibility index (Phi) is 4.90. The summed E-state index contributed by atoms with van der Waals surface area (Å²) in [5, 5.41) is 7.56. The van der Waals surface area contributed by atoms with E-state index in [1.807, 2.05) is 59.7 Å². The smallest absolute Gasteiger partial charge is 0.280 e. The van der Waals surface area contributed by atoms with Gasteiger partial charge in [-0.1, -0.05) is 39.0 Å². The van der Waals surface area contributed by atoms with Crippen molar-refractivity contribution in [2.24, 2.45) is 0 Å². The first-order valence-electron chi connectivity index (χ1n) is 9.56. The van der Waals surface area contributed by atoms with Gasteiger partial charge in [0.1, 0.15) is 5.75 Å².